The number of fused-ring (bicyclic) bond motifs is 1. The minimum Gasteiger partial charge on any atom is -0.479 e. The van der Waals surface area contributed by atoms with Crippen molar-refractivity contribution in [1.29, 1.82) is 0 Å². The number of ether oxygens (including phenoxy) is 1. The number of amides is 2. The molecular formula is C23H27N3O5S. The number of nitrogens with one attached hydrogen (secondary N) is 2. The van der Waals surface area contributed by atoms with E-state index in [9.17, 15) is 18.0 Å². The molecule has 32 heavy (non-hydrogen) atoms. The monoisotopic (exact) mass is 457 g/mol. The fourth-order valence-electron chi connectivity index (χ4n) is 3.99. The van der Waals surface area contributed by atoms with Crippen LogP contribution in [0.25, 0.3) is 0 Å². The summed E-state index contributed by atoms with van der Waals surface area (Å²) in [5, 5.41) is 5.64. The van der Waals surface area contributed by atoms with Crippen molar-refractivity contribution in [1.82, 2.24) is 4.31 Å². The maximum Gasteiger partial charge on any atom is 0.265 e. The molecule has 2 aromatic carbocycles. The Kier molecular flexibility index (Phi) is 5.96. The molecule has 1 fully saturated rings. The van der Waals surface area contributed by atoms with E-state index >= 15 is 0 Å². The van der Waals surface area contributed by atoms with Crippen LogP contribution in [0.1, 0.15) is 30.9 Å². The summed E-state index contributed by atoms with van der Waals surface area (Å²) in [7, 11) is -3.83. The van der Waals surface area contributed by atoms with Gasteiger partial charge in [0.25, 0.3) is 5.91 Å². The van der Waals surface area contributed by atoms with Crippen LogP contribution in [-0.2, 0) is 19.6 Å². The van der Waals surface area contributed by atoms with E-state index in [2.05, 4.69) is 10.6 Å². The summed E-state index contributed by atoms with van der Waals surface area (Å²) >= 11 is 0. The van der Waals surface area contributed by atoms with Gasteiger partial charge < -0.3 is 15.4 Å². The average molecular weight is 458 g/mol. The second kappa shape index (κ2) is 8.55. The Balaban J connectivity index is 1.51. The first-order valence-electron chi connectivity index (χ1n) is 10.7. The SMILES string of the molecule is Cc1cccc(NC(=O)[C@@H]2CCCN(S(=O)(=O)c3ccc4c(c3)NC(=O)[C@H](C)O4)C2)c1C. The second-order valence-corrected chi connectivity index (χ2v) is 10.3. The maximum atomic E-state index is 13.3. The lowest BCUT2D eigenvalue weighted by molar-refractivity contribution is -0.123. The number of rotatable bonds is 4. The predicted octanol–water partition coefficient (Wildman–Crippen LogP) is 3.06. The molecular weight excluding hydrogens is 430 g/mol. The molecule has 0 bridgehead atoms. The number of aryl methyl sites for hydroxylation is 1. The molecule has 1 saturated heterocycles. The van der Waals surface area contributed by atoms with E-state index in [1.807, 2.05) is 32.0 Å². The molecule has 0 aromatic heterocycles. The van der Waals surface area contributed by atoms with Crippen LogP contribution in [0.15, 0.2) is 41.3 Å². The fourth-order valence-corrected chi connectivity index (χ4v) is 5.54. The van der Waals surface area contributed by atoms with Gasteiger partial charge in [-0.25, -0.2) is 8.42 Å². The van der Waals surface area contributed by atoms with Crippen LogP contribution in [0.4, 0.5) is 11.4 Å². The van der Waals surface area contributed by atoms with Gasteiger partial charge in [0.1, 0.15) is 5.75 Å². The highest BCUT2D eigenvalue weighted by molar-refractivity contribution is 7.89. The van der Waals surface area contributed by atoms with Gasteiger partial charge in [0, 0.05) is 18.8 Å². The molecule has 2 heterocycles. The highest BCUT2D eigenvalue weighted by atomic mass is 32.2. The van der Waals surface area contributed by atoms with Gasteiger partial charge in [0.05, 0.1) is 16.5 Å². The van der Waals surface area contributed by atoms with Crippen molar-refractivity contribution in [2.75, 3.05) is 23.7 Å². The molecule has 0 spiro atoms. The van der Waals surface area contributed by atoms with Gasteiger partial charge in [-0.05, 0) is 69.0 Å². The molecule has 0 unspecified atom stereocenters. The Morgan fingerprint density at radius 1 is 1.22 bits per heavy atom. The van der Waals surface area contributed by atoms with E-state index in [4.69, 9.17) is 4.74 Å². The zero-order valence-electron chi connectivity index (χ0n) is 18.3. The molecule has 2 aromatic rings. The summed E-state index contributed by atoms with van der Waals surface area (Å²) < 4.78 is 33.4. The van der Waals surface area contributed by atoms with E-state index in [0.717, 1.165) is 16.8 Å². The Morgan fingerprint density at radius 3 is 2.78 bits per heavy atom. The van der Waals surface area contributed by atoms with E-state index in [1.165, 1.54) is 16.4 Å². The van der Waals surface area contributed by atoms with Gasteiger partial charge in [0.15, 0.2) is 6.10 Å². The lowest BCUT2D eigenvalue weighted by atomic mass is 9.98. The molecule has 0 saturated carbocycles. The number of nitrogens with zero attached hydrogens (tertiary/aromatic N) is 1. The third kappa shape index (κ3) is 4.22. The van der Waals surface area contributed by atoms with Crippen molar-refractivity contribution in [2.24, 2.45) is 5.92 Å². The number of hydrogen-bond acceptors (Lipinski definition) is 5. The van der Waals surface area contributed by atoms with E-state index in [-0.39, 0.29) is 23.3 Å². The average Bonchev–Trinajstić information content (AvgIpc) is 2.77. The van der Waals surface area contributed by atoms with Gasteiger partial charge in [-0.3, -0.25) is 9.59 Å². The molecule has 0 aliphatic carbocycles. The van der Waals surface area contributed by atoms with Gasteiger partial charge in [-0.1, -0.05) is 12.1 Å². The number of piperidine rings is 1. The van der Waals surface area contributed by atoms with Crippen molar-refractivity contribution >= 4 is 33.2 Å². The maximum absolute atomic E-state index is 13.3. The van der Waals surface area contributed by atoms with E-state index in [0.29, 0.717) is 30.8 Å². The first-order chi connectivity index (χ1) is 15.2. The van der Waals surface area contributed by atoms with Gasteiger partial charge in [-0.15, -0.1) is 0 Å². The second-order valence-electron chi connectivity index (χ2n) is 8.35. The van der Waals surface area contributed by atoms with E-state index < -0.39 is 22.0 Å². The summed E-state index contributed by atoms with van der Waals surface area (Å²) in [4.78, 5) is 24.9. The molecule has 2 atom stereocenters. The Hall–Kier alpha value is -2.91. The topological polar surface area (TPSA) is 105 Å². The summed E-state index contributed by atoms with van der Waals surface area (Å²) in [6.07, 6.45) is 0.574. The molecule has 2 N–H and O–H groups in total. The lowest BCUT2D eigenvalue weighted by Gasteiger charge is -2.32. The summed E-state index contributed by atoms with van der Waals surface area (Å²) in [6.45, 7) is 6.00. The van der Waals surface area contributed by atoms with Crippen LogP contribution in [0.2, 0.25) is 0 Å². The molecule has 170 valence electrons. The van der Waals surface area contributed by atoms with Crippen LogP contribution in [0.5, 0.6) is 5.75 Å². The van der Waals surface area contributed by atoms with Crippen LogP contribution in [-0.4, -0.2) is 43.7 Å². The smallest absolute Gasteiger partial charge is 0.265 e. The fraction of sp³-hybridized carbons (Fsp3) is 0.391. The third-order valence-electron chi connectivity index (χ3n) is 6.14. The molecule has 0 radical (unpaired) electrons. The van der Waals surface area contributed by atoms with Crippen LogP contribution < -0.4 is 15.4 Å². The zero-order valence-corrected chi connectivity index (χ0v) is 19.2. The highest BCUT2D eigenvalue weighted by Gasteiger charge is 2.34. The Morgan fingerprint density at radius 2 is 2.00 bits per heavy atom. The van der Waals surface area contributed by atoms with Gasteiger partial charge >= 0.3 is 0 Å². The minimum atomic E-state index is -3.83. The molecule has 2 aliphatic rings. The summed E-state index contributed by atoms with van der Waals surface area (Å²) in [6, 6.07) is 10.1. The van der Waals surface area contributed by atoms with Crippen LogP contribution in [0.3, 0.4) is 0 Å². The lowest BCUT2D eigenvalue weighted by Crippen LogP contribution is -2.43. The van der Waals surface area contributed by atoms with Gasteiger partial charge in [-0.2, -0.15) is 4.31 Å². The number of benzene rings is 2. The molecule has 8 nitrogen and oxygen atoms in total. The number of hydrogen-bond donors (Lipinski definition) is 2. The first kappa shape index (κ1) is 22.3. The van der Waals surface area contributed by atoms with Crippen molar-refractivity contribution in [3.63, 3.8) is 0 Å². The molecule has 9 heteroatoms. The number of carbonyl (C=O) groups excluding carboxylic acids is 2. The summed E-state index contributed by atoms with van der Waals surface area (Å²) in [5.41, 5.74) is 3.15. The highest BCUT2D eigenvalue weighted by Crippen LogP contribution is 2.34. The summed E-state index contributed by atoms with van der Waals surface area (Å²) in [5.74, 6) is -0.521. The Bertz CT molecular complexity index is 1180. The standard InChI is InChI=1S/C23H27N3O5S/c1-14-6-4-8-19(15(14)2)24-23(28)17-7-5-11-26(13-17)32(29,30)18-9-10-21-20(12-18)25-22(27)16(3)31-21/h4,6,8-10,12,16-17H,5,7,11,13H2,1-3H3,(H,24,28)(H,25,27)/t16-,17+/m0/s1. The van der Waals surface area contributed by atoms with Crippen molar-refractivity contribution in [3.05, 3.63) is 47.5 Å². The molecule has 4 rings (SSSR count). The first-order valence-corrected chi connectivity index (χ1v) is 12.1. The van der Waals surface area contributed by atoms with Crippen LogP contribution in [0, 0.1) is 19.8 Å². The third-order valence-corrected chi connectivity index (χ3v) is 8.00. The Labute approximate surface area is 188 Å². The van der Waals surface area contributed by atoms with E-state index in [1.54, 1.807) is 13.0 Å². The quantitative estimate of drug-likeness (QED) is 0.734. The number of sulfonamides is 1. The normalized spacial score (nSPS) is 21.3. The largest absolute Gasteiger partial charge is 0.479 e. The van der Waals surface area contributed by atoms with Crippen molar-refractivity contribution in [3.8, 4) is 5.75 Å². The van der Waals surface area contributed by atoms with Crippen molar-refractivity contribution in [2.45, 2.75) is 44.6 Å². The zero-order chi connectivity index (χ0) is 23.0. The minimum absolute atomic E-state index is 0.0605. The van der Waals surface area contributed by atoms with Gasteiger partial charge in [0.2, 0.25) is 15.9 Å². The predicted molar refractivity (Wildman–Crippen MR) is 121 cm³/mol. The number of carbonyl (C=O) groups is 2. The molecule has 2 amide bonds. The van der Waals surface area contributed by atoms with Crippen molar-refractivity contribution < 1.29 is 22.7 Å². The molecule has 2 aliphatic heterocycles. The van der Waals surface area contributed by atoms with Crippen LogP contribution >= 0.6 is 0 Å². The number of anilines is 2.